The Bertz CT molecular complexity index is 819. The van der Waals surface area contributed by atoms with Crippen LogP contribution in [-0.2, 0) is 9.53 Å². The summed E-state index contributed by atoms with van der Waals surface area (Å²) in [5.74, 6) is -0.307. The van der Waals surface area contributed by atoms with Crippen molar-refractivity contribution in [2.45, 2.75) is 0 Å². The second kappa shape index (κ2) is 5.96. The fourth-order valence-corrected chi connectivity index (χ4v) is 2.23. The normalized spacial score (nSPS) is 15.5. The van der Waals surface area contributed by atoms with Gasteiger partial charge in [0.15, 0.2) is 11.5 Å². The van der Waals surface area contributed by atoms with E-state index in [9.17, 15) is 14.3 Å². The van der Waals surface area contributed by atoms with Crippen molar-refractivity contribution in [3.8, 4) is 11.5 Å². The summed E-state index contributed by atoms with van der Waals surface area (Å²) >= 11 is 0. The van der Waals surface area contributed by atoms with E-state index in [4.69, 9.17) is 9.47 Å². The smallest absolute Gasteiger partial charge is 0.343 e. The van der Waals surface area contributed by atoms with Crippen LogP contribution in [0.25, 0.3) is 11.8 Å². The molecular formula is C18H13FO4. The van der Waals surface area contributed by atoms with Crippen molar-refractivity contribution in [2.24, 2.45) is 0 Å². The maximum Gasteiger partial charge on any atom is 0.343 e. The minimum atomic E-state index is -0.536. The number of para-hydroxylation sites is 1. The van der Waals surface area contributed by atoms with Gasteiger partial charge in [-0.2, -0.15) is 0 Å². The van der Waals surface area contributed by atoms with E-state index in [1.807, 2.05) is 0 Å². The molecule has 116 valence electrons. The Balaban J connectivity index is 1.97. The molecule has 0 saturated heterocycles. The van der Waals surface area contributed by atoms with Crippen LogP contribution in [0, 0.1) is 5.82 Å². The molecule has 0 spiro atoms. The number of ether oxygens (including phenoxy) is 2. The van der Waals surface area contributed by atoms with Crippen LogP contribution in [0.15, 0.2) is 54.1 Å². The maximum absolute atomic E-state index is 13.0. The predicted octanol–water partition coefficient (Wildman–Crippen LogP) is 3.52. The highest BCUT2D eigenvalue weighted by atomic mass is 19.1. The Labute approximate surface area is 132 Å². The molecule has 2 aromatic rings. The lowest BCUT2D eigenvalue weighted by Gasteiger charge is -2.05. The fourth-order valence-electron chi connectivity index (χ4n) is 2.23. The number of phenolic OH excluding ortho intramolecular Hbond substituents is 1. The van der Waals surface area contributed by atoms with Gasteiger partial charge in [-0.05, 0) is 42.5 Å². The SMILES string of the molecule is COc1cccc(/C=C2\C=C(c3ccc(F)cc3)OC2=O)c1O. The van der Waals surface area contributed by atoms with E-state index in [-0.39, 0.29) is 17.1 Å². The van der Waals surface area contributed by atoms with E-state index in [1.54, 1.807) is 24.3 Å². The number of phenols is 1. The molecule has 1 heterocycles. The summed E-state index contributed by atoms with van der Waals surface area (Å²) in [5.41, 5.74) is 1.32. The maximum atomic E-state index is 13.0. The number of rotatable bonds is 3. The van der Waals surface area contributed by atoms with E-state index in [0.717, 1.165) is 0 Å². The molecule has 0 saturated carbocycles. The average Bonchev–Trinajstić information content (AvgIpc) is 2.91. The summed E-state index contributed by atoms with van der Waals surface area (Å²) in [6.07, 6.45) is 3.06. The Morgan fingerprint density at radius 3 is 2.61 bits per heavy atom. The number of hydrogen-bond acceptors (Lipinski definition) is 4. The first-order chi connectivity index (χ1) is 11.1. The largest absolute Gasteiger partial charge is 0.504 e. The van der Waals surface area contributed by atoms with Crippen LogP contribution in [-0.4, -0.2) is 18.2 Å². The highest BCUT2D eigenvalue weighted by molar-refractivity contribution is 6.05. The third-order valence-corrected chi connectivity index (χ3v) is 3.41. The minimum absolute atomic E-state index is 0.0565. The van der Waals surface area contributed by atoms with Gasteiger partial charge in [0.1, 0.15) is 11.6 Å². The van der Waals surface area contributed by atoms with Crippen molar-refractivity contribution in [3.05, 3.63) is 71.1 Å². The van der Waals surface area contributed by atoms with E-state index >= 15 is 0 Å². The number of benzene rings is 2. The summed E-state index contributed by atoms with van der Waals surface area (Å²) in [6.45, 7) is 0. The average molecular weight is 312 g/mol. The van der Waals surface area contributed by atoms with Crippen molar-refractivity contribution in [1.29, 1.82) is 0 Å². The molecule has 1 aliphatic rings. The molecule has 23 heavy (non-hydrogen) atoms. The molecule has 0 fully saturated rings. The zero-order valence-corrected chi connectivity index (χ0v) is 12.2. The molecule has 0 radical (unpaired) electrons. The zero-order valence-electron chi connectivity index (χ0n) is 12.2. The molecule has 0 bridgehead atoms. The quantitative estimate of drug-likeness (QED) is 0.696. The predicted molar refractivity (Wildman–Crippen MR) is 83.1 cm³/mol. The van der Waals surface area contributed by atoms with Crippen LogP contribution in [0.4, 0.5) is 4.39 Å². The third-order valence-electron chi connectivity index (χ3n) is 3.41. The second-order valence-electron chi connectivity index (χ2n) is 4.90. The monoisotopic (exact) mass is 312 g/mol. The molecule has 0 amide bonds. The van der Waals surface area contributed by atoms with Crippen molar-refractivity contribution >= 4 is 17.8 Å². The second-order valence-corrected chi connectivity index (χ2v) is 4.90. The van der Waals surface area contributed by atoms with Crippen molar-refractivity contribution in [3.63, 3.8) is 0 Å². The van der Waals surface area contributed by atoms with Crippen LogP contribution < -0.4 is 4.74 Å². The van der Waals surface area contributed by atoms with Crippen molar-refractivity contribution in [1.82, 2.24) is 0 Å². The molecule has 2 aromatic carbocycles. The van der Waals surface area contributed by atoms with E-state index in [1.165, 1.54) is 37.5 Å². The van der Waals surface area contributed by atoms with Gasteiger partial charge >= 0.3 is 5.97 Å². The molecule has 3 rings (SSSR count). The summed E-state index contributed by atoms with van der Waals surface area (Å²) in [4.78, 5) is 12.0. The summed E-state index contributed by atoms with van der Waals surface area (Å²) in [6, 6.07) is 10.6. The molecule has 1 aliphatic heterocycles. The molecule has 1 N–H and O–H groups in total. The number of esters is 1. The van der Waals surface area contributed by atoms with Gasteiger partial charge in [-0.15, -0.1) is 0 Å². The van der Waals surface area contributed by atoms with Gasteiger partial charge in [-0.25, -0.2) is 9.18 Å². The Morgan fingerprint density at radius 2 is 1.91 bits per heavy atom. The number of carbonyl (C=O) groups is 1. The Morgan fingerprint density at radius 1 is 1.17 bits per heavy atom. The number of aromatic hydroxyl groups is 1. The van der Waals surface area contributed by atoms with Gasteiger partial charge in [-0.3, -0.25) is 0 Å². The van der Waals surface area contributed by atoms with Gasteiger partial charge in [0.25, 0.3) is 0 Å². The molecule has 0 aliphatic carbocycles. The van der Waals surface area contributed by atoms with Gasteiger partial charge < -0.3 is 14.6 Å². The topological polar surface area (TPSA) is 55.8 Å². The van der Waals surface area contributed by atoms with E-state index < -0.39 is 5.97 Å². The van der Waals surface area contributed by atoms with Crippen molar-refractivity contribution in [2.75, 3.05) is 7.11 Å². The van der Waals surface area contributed by atoms with Crippen LogP contribution in [0.5, 0.6) is 11.5 Å². The lowest BCUT2D eigenvalue weighted by molar-refractivity contribution is -0.130. The lowest BCUT2D eigenvalue weighted by atomic mass is 10.1. The van der Waals surface area contributed by atoms with Crippen LogP contribution >= 0.6 is 0 Å². The van der Waals surface area contributed by atoms with Gasteiger partial charge in [0.05, 0.1) is 12.7 Å². The van der Waals surface area contributed by atoms with Crippen LogP contribution in [0.2, 0.25) is 0 Å². The Hall–Kier alpha value is -3.08. The zero-order chi connectivity index (χ0) is 16.4. The van der Waals surface area contributed by atoms with Crippen molar-refractivity contribution < 1.29 is 23.8 Å². The molecule has 0 atom stereocenters. The molecule has 0 unspecified atom stereocenters. The fraction of sp³-hybridized carbons (Fsp3) is 0.0556. The number of hydrogen-bond donors (Lipinski definition) is 1. The number of methoxy groups -OCH3 is 1. The lowest BCUT2D eigenvalue weighted by Crippen LogP contribution is -1.97. The molecule has 0 aromatic heterocycles. The molecule has 5 heteroatoms. The summed E-state index contributed by atoms with van der Waals surface area (Å²) in [7, 11) is 1.45. The van der Waals surface area contributed by atoms with Crippen LogP contribution in [0.1, 0.15) is 11.1 Å². The van der Waals surface area contributed by atoms with Gasteiger partial charge in [0.2, 0.25) is 0 Å². The molecular weight excluding hydrogens is 299 g/mol. The van der Waals surface area contributed by atoms with E-state index in [2.05, 4.69) is 0 Å². The summed E-state index contributed by atoms with van der Waals surface area (Å²) < 4.78 is 23.2. The number of halogens is 1. The minimum Gasteiger partial charge on any atom is -0.504 e. The van der Waals surface area contributed by atoms with Crippen LogP contribution in [0.3, 0.4) is 0 Å². The first-order valence-corrected chi connectivity index (χ1v) is 6.86. The number of cyclic esters (lactones) is 1. The van der Waals surface area contributed by atoms with E-state index in [0.29, 0.717) is 22.6 Å². The first kappa shape index (κ1) is 14.8. The highest BCUT2D eigenvalue weighted by Crippen LogP contribution is 2.33. The standard InChI is InChI=1S/C18H13FO4/c1-22-15-4-2-3-12(17(15)20)9-13-10-16(23-18(13)21)11-5-7-14(19)8-6-11/h2-10,20H,1H3/b13-9+. The number of carbonyl (C=O) groups excluding carboxylic acids is 1. The Kier molecular flexibility index (Phi) is 3.85. The molecule has 4 nitrogen and oxygen atoms in total. The van der Waals surface area contributed by atoms with Gasteiger partial charge in [0, 0.05) is 11.1 Å². The highest BCUT2D eigenvalue weighted by Gasteiger charge is 2.22. The van der Waals surface area contributed by atoms with Gasteiger partial charge in [-0.1, -0.05) is 12.1 Å². The first-order valence-electron chi connectivity index (χ1n) is 6.86. The summed E-state index contributed by atoms with van der Waals surface area (Å²) in [5, 5.41) is 10.1. The third kappa shape index (κ3) is 2.94.